The van der Waals surface area contributed by atoms with E-state index in [0.29, 0.717) is 17.7 Å². The Hall–Kier alpha value is -2.58. The van der Waals surface area contributed by atoms with Crippen LogP contribution in [0.2, 0.25) is 0 Å². The maximum Gasteiger partial charge on any atom is 0.262 e. The van der Waals surface area contributed by atoms with Crippen molar-refractivity contribution in [2.45, 2.75) is 50.7 Å². The highest BCUT2D eigenvalue weighted by atomic mass is 16.2. The van der Waals surface area contributed by atoms with Gasteiger partial charge in [0, 0.05) is 18.5 Å². The number of hydrogen-bond donors (Lipinski definition) is 3. The van der Waals surface area contributed by atoms with Gasteiger partial charge in [-0.15, -0.1) is 0 Å². The molecule has 0 aromatic heterocycles. The normalized spacial score (nSPS) is 24.3. The van der Waals surface area contributed by atoms with Gasteiger partial charge in [-0.25, -0.2) is 0 Å². The monoisotopic (exact) mass is 384 g/mol. The van der Waals surface area contributed by atoms with Crippen LogP contribution in [0, 0.1) is 0 Å². The number of amides is 4. The van der Waals surface area contributed by atoms with E-state index in [2.05, 4.69) is 22.9 Å². The topological polar surface area (TPSA) is 108 Å². The Kier molecular flexibility index (Phi) is 4.76. The summed E-state index contributed by atoms with van der Waals surface area (Å²) >= 11 is 0. The number of carbonyl (C=O) groups excluding carboxylic acids is 4. The van der Waals surface area contributed by atoms with Gasteiger partial charge in [-0.3, -0.25) is 29.4 Å². The molecule has 8 heteroatoms. The summed E-state index contributed by atoms with van der Waals surface area (Å²) in [6.45, 7) is 4.74. The van der Waals surface area contributed by atoms with Crippen molar-refractivity contribution in [3.63, 3.8) is 0 Å². The summed E-state index contributed by atoms with van der Waals surface area (Å²) < 4.78 is 0. The van der Waals surface area contributed by atoms with Crippen LogP contribution >= 0.6 is 0 Å². The summed E-state index contributed by atoms with van der Waals surface area (Å²) in [5.74, 6) is -1.91. The Balaban J connectivity index is 1.51. The molecule has 2 saturated heterocycles. The molecule has 0 bridgehead atoms. The fourth-order valence-corrected chi connectivity index (χ4v) is 4.10. The van der Waals surface area contributed by atoms with Crippen LogP contribution in [-0.2, 0) is 16.1 Å². The summed E-state index contributed by atoms with van der Waals surface area (Å²) in [5.41, 5.74) is 1.60. The van der Waals surface area contributed by atoms with Crippen LogP contribution in [0.4, 0.5) is 0 Å². The molecule has 8 nitrogen and oxygen atoms in total. The smallest absolute Gasteiger partial charge is 0.262 e. The van der Waals surface area contributed by atoms with Gasteiger partial charge in [0.1, 0.15) is 6.04 Å². The molecule has 28 heavy (non-hydrogen) atoms. The van der Waals surface area contributed by atoms with E-state index in [1.165, 1.54) is 0 Å². The number of imide groups is 2. The molecule has 148 valence electrons. The highest BCUT2D eigenvalue weighted by molar-refractivity contribution is 6.23. The third-order valence-electron chi connectivity index (χ3n) is 5.93. The number of nitrogens with zero attached hydrogens (tertiary/aromatic N) is 1. The minimum atomic E-state index is -0.930. The van der Waals surface area contributed by atoms with Crippen molar-refractivity contribution >= 4 is 23.6 Å². The number of rotatable bonds is 4. The van der Waals surface area contributed by atoms with E-state index in [1.807, 2.05) is 6.07 Å². The van der Waals surface area contributed by atoms with Gasteiger partial charge >= 0.3 is 0 Å². The van der Waals surface area contributed by atoms with E-state index in [0.717, 1.165) is 36.4 Å². The minimum Gasteiger partial charge on any atom is -0.317 e. The minimum absolute atomic E-state index is 0.0445. The van der Waals surface area contributed by atoms with Crippen LogP contribution in [-0.4, -0.2) is 53.2 Å². The van der Waals surface area contributed by atoms with Crippen LogP contribution in [0.5, 0.6) is 0 Å². The molecule has 1 aromatic carbocycles. The number of benzene rings is 1. The lowest BCUT2D eigenvalue weighted by atomic mass is 9.90. The molecule has 3 heterocycles. The Morgan fingerprint density at radius 2 is 1.82 bits per heavy atom. The maximum absolute atomic E-state index is 12.9. The van der Waals surface area contributed by atoms with Crippen molar-refractivity contribution in [2.24, 2.45) is 0 Å². The number of hydrogen-bond acceptors (Lipinski definition) is 6. The first kappa shape index (κ1) is 18.8. The van der Waals surface area contributed by atoms with Crippen molar-refractivity contribution in [2.75, 3.05) is 13.1 Å². The first-order valence-corrected chi connectivity index (χ1v) is 9.68. The lowest BCUT2D eigenvalue weighted by Gasteiger charge is -2.35. The molecular formula is C20H24N4O4. The van der Waals surface area contributed by atoms with E-state index in [9.17, 15) is 19.2 Å². The van der Waals surface area contributed by atoms with Gasteiger partial charge in [-0.05, 0) is 57.0 Å². The fourth-order valence-electron chi connectivity index (χ4n) is 4.10. The second-order valence-electron chi connectivity index (χ2n) is 7.99. The van der Waals surface area contributed by atoms with Crippen LogP contribution in [0.3, 0.4) is 0 Å². The fraction of sp³-hybridized carbons (Fsp3) is 0.500. The molecule has 4 amide bonds. The zero-order valence-electron chi connectivity index (χ0n) is 15.8. The Bertz CT molecular complexity index is 860. The predicted octanol–water partition coefficient (Wildman–Crippen LogP) is 0.320. The molecule has 3 N–H and O–H groups in total. The summed E-state index contributed by atoms with van der Waals surface area (Å²) in [6.07, 6.45) is 2.33. The third-order valence-corrected chi connectivity index (χ3v) is 5.93. The van der Waals surface area contributed by atoms with E-state index in [1.54, 1.807) is 12.1 Å². The number of piperidine rings is 2. The van der Waals surface area contributed by atoms with Gasteiger partial charge in [0.05, 0.1) is 11.1 Å². The van der Waals surface area contributed by atoms with Crippen molar-refractivity contribution in [1.82, 2.24) is 20.9 Å². The second kappa shape index (κ2) is 7.10. The molecule has 0 saturated carbocycles. The Morgan fingerprint density at radius 1 is 1.11 bits per heavy atom. The number of carbonyl (C=O) groups is 4. The standard InChI is InChI=1S/C20H24N4O4/c1-20(6-8-21-9-7-20)22-11-12-2-3-13-14(10-12)19(28)24(18(13)27)15-4-5-16(25)23-17(15)26/h2-3,10,15,21-22H,4-9,11H2,1H3,(H,23,25,26). The van der Waals surface area contributed by atoms with Crippen molar-refractivity contribution in [1.29, 1.82) is 0 Å². The van der Waals surface area contributed by atoms with E-state index >= 15 is 0 Å². The van der Waals surface area contributed by atoms with Crippen molar-refractivity contribution < 1.29 is 19.2 Å². The third kappa shape index (κ3) is 3.33. The van der Waals surface area contributed by atoms with Gasteiger partial charge < -0.3 is 10.6 Å². The van der Waals surface area contributed by atoms with Gasteiger partial charge in [-0.2, -0.15) is 0 Å². The molecule has 2 fully saturated rings. The average molecular weight is 384 g/mol. The summed E-state index contributed by atoms with van der Waals surface area (Å²) in [5, 5.41) is 9.12. The lowest BCUT2D eigenvalue weighted by Crippen LogP contribution is -2.54. The molecule has 1 atom stereocenters. The van der Waals surface area contributed by atoms with Crippen LogP contribution in [0.15, 0.2) is 18.2 Å². The molecule has 3 aliphatic heterocycles. The highest BCUT2D eigenvalue weighted by Crippen LogP contribution is 2.28. The molecule has 1 unspecified atom stereocenters. The van der Waals surface area contributed by atoms with Gasteiger partial charge in [0.25, 0.3) is 11.8 Å². The largest absolute Gasteiger partial charge is 0.317 e. The Morgan fingerprint density at radius 3 is 2.54 bits per heavy atom. The predicted molar refractivity (Wildman–Crippen MR) is 100 cm³/mol. The summed E-state index contributed by atoms with van der Waals surface area (Å²) in [6, 6.07) is 4.30. The second-order valence-corrected chi connectivity index (χ2v) is 7.99. The maximum atomic E-state index is 12.9. The summed E-state index contributed by atoms with van der Waals surface area (Å²) in [7, 11) is 0. The van der Waals surface area contributed by atoms with Crippen molar-refractivity contribution in [3.05, 3.63) is 34.9 Å². The zero-order chi connectivity index (χ0) is 19.9. The van der Waals surface area contributed by atoms with Crippen LogP contribution in [0.25, 0.3) is 0 Å². The molecule has 3 aliphatic rings. The molecule has 0 radical (unpaired) electrons. The first-order chi connectivity index (χ1) is 13.4. The Labute approximate surface area is 163 Å². The zero-order valence-corrected chi connectivity index (χ0v) is 15.8. The van der Waals surface area contributed by atoms with Crippen LogP contribution in [0.1, 0.15) is 58.9 Å². The highest BCUT2D eigenvalue weighted by Gasteiger charge is 2.44. The molecule has 0 spiro atoms. The quantitative estimate of drug-likeness (QED) is 0.646. The van der Waals surface area contributed by atoms with Crippen molar-refractivity contribution in [3.8, 4) is 0 Å². The molecule has 0 aliphatic carbocycles. The number of nitrogens with one attached hydrogen (secondary N) is 3. The SMILES string of the molecule is CC1(NCc2ccc3c(c2)C(=O)N(C2CCC(=O)NC2=O)C3=O)CCNCC1. The number of fused-ring (bicyclic) bond motifs is 1. The lowest BCUT2D eigenvalue weighted by molar-refractivity contribution is -0.136. The molecule has 4 rings (SSSR count). The average Bonchev–Trinajstić information content (AvgIpc) is 2.92. The van der Waals surface area contributed by atoms with Crippen LogP contribution < -0.4 is 16.0 Å². The van der Waals surface area contributed by atoms with E-state index < -0.39 is 23.8 Å². The van der Waals surface area contributed by atoms with Gasteiger partial charge in [0.2, 0.25) is 11.8 Å². The van der Waals surface area contributed by atoms with E-state index in [-0.39, 0.29) is 24.3 Å². The molecular weight excluding hydrogens is 360 g/mol. The van der Waals surface area contributed by atoms with Gasteiger partial charge in [-0.1, -0.05) is 6.07 Å². The molecule has 1 aromatic rings. The summed E-state index contributed by atoms with van der Waals surface area (Å²) in [4.78, 5) is 50.1. The first-order valence-electron chi connectivity index (χ1n) is 9.68. The van der Waals surface area contributed by atoms with Gasteiger partial charge in [0.15, 0.2) is 0 Å². The van der Waals surface area contributed by atoms with E-state index in [4.69, 9.17) is 0 Å².